The van der Waals surface area contributed by atoms with Crippen LogP contribution < -0.4 is 31.9 Å². The van der Waals surface area contributed by atoms with Crippen LogP contribution in [0.25, 0.3) is 0 Å². The molecule has 0 aromatic rings. The lowest BCUT2D eigenvalue weighted by Crippen LogP contribution is -2.48. The standard InChI is InChI=1S/C20H36N6O6/c1-12(18(30)26-14(20(32)24-5)8-11-16(28)22-3)6-9-17(29)25-13(19(31)23-4)7-10-15(27)21-2/h12-14H,6-11H2,1-5H3,(H,21,27)(H,22,28)(H,23,31)(H,24,32)(H,25,29)(H,26,30). The summed E-state index contributed by atoms with van der Waals surface area (Å²) in [4.78, 5) is 71.5. The minimum Gasteiger partial charge on any atom is -0.359 e. The second kappa shape index (κ2) is 15.6. The summed E-state index contributed by atoms with van der Waals surface area (Å²) in [7, 11) is 5.83. The summed E-state index contributed by atoms with van der Waals surface area (Å²) in [5.74, 6) is -2.78. The molecule has 0 aliphatic rings. The van der Waals surface area contributed by atoms with Gasteiger partial charge in [0, 0.05) is 53.4 Å². The number of rotatable bonds is 14. The van der Waals surface area contributed by atoms with Gasteiger partial charge in [-0.05, 0) is 19.3 Å². The van der Waals surface area contributed by atoms with Gasteiger partial charge in [-0.2, -0.15) is 0 Å². The highest BCUT2D eigenvalue weighted by Gasteiger charge is 2.25. The van der Waals surface area contributed by atoms with Crippen molar-refractivity contribution in [1.29, 1.82) is 0 Å². The molecule has 0 bridgehead atoms. The largest absolute Gasteiger partial charge is 0.359 e. The number of likely N-dealkylation sites (N-methyl/N-ethyl adjacent to an activating group) is 2. The fraction of sp³-hybridized carbons (Fsp3) is 0.700. The van der Waals surface area contributed by atoms with E-state index in [9.17, 15) is 28.8 Å². The van der Waals surface area contributed by atoms with Crippen LogP contribution in [0.5, 0.6) is 0 Å². The van der Waals surface area contributed by atoms with Gasteiger partial charge in [-0.1, -0.05) is 6.92 Å². The molecule has 32 heavy (non-hydrogen) atoms. The molecular weight excluding hydrogens is 420 g/mol. The van der Waals surface area contributed by atoms with E-state index in [1.165, 1.54) is 28.2 Å². The minimum absolute atomic E-state index is 0.0229. The van der Waals surface area contributed by atoms with Crippen molar-refractivity contribution in [3.05, 3.63) is 0 Å². The Hall–Kier alpha value is -3.18. The number of carbonyl (C=O) groups excluding carboxylic acids is 6. The first-order valence-electron chi connectivity index (χ1n) is 10.5. The molecule has 0 heterocycles. The maximum atomic E-state index is 12.5. The summed E-state index contributed by atoms with van der Waals surface area (Å²) in [6, 6.07) is -1.74. The number of hydrogen-bond donors (Lipinski definition) is 6. The third-order valence-corrected chi connectivity index (χ3v) is 4.91. The normalized spacial score (nSPS) is 13.0. The zero-order valence-electron chi connectivity index (χ0n) is 19.4. The molecule has 0 saturated carbocycles. The van der Waals surface area contributed by atoms with Gasteiger partial charge in [0.05, 0.1) is 0 Å². The molecule has 0 fully saturated rings. The molecule has 6 amide bonds. The van der Waals surface area contributed by atoms with Crippen molar-refractivity contribution in [2.45, 2.75) is 57.5 Å². The Morgan fingerprint density at radius 3 is 1.34 bits per heavy atom. The Kier molecular flexibility index (Phi) is 14.0. The van der Waals surface area contributed by atoms with E-state index >= 15 is 0 Å². The number of carbonyl (C=O) groups is 6. The van der Waals surface area contributed by atoms with E-state index < -0.39 is 41.6 Å². The van der Waals surface area contributed by atoms with E-state index in [0.717, 1.165) is 0 Å². The highest BCUT2D eigenvalue weighted by Crippen LogP contribution is 2.09. The van der Waals surface area contributed by atoms with Crippen LogP contribution in [0, 0.1) is 5.92 Å². The molecule has 0 saturated heterocycles. The van der Waals surface area contributed by atoms with Gasteiger partial charge in [-0.25, -0.2) is 0 Å². The average Bonchev–Trinajstić information content (AvgIpc) is 2.80. The van der Waals surface area contributed by atoms with Gasteiger partial charge >= 0.3 is 0 Å². The lowest BCUT2D eigenvalue weighted by atomic mass is 10.0. The molecule has 12 nitrogen and oxygen atoms in total. The molecule has 0 rings (SSSR count). The quantitative estimate of drug-likeness (QED) is 0.175. The molecule has 3 unspecified atom stereocenters. The molecular formula is C20H36N6O6. The molecule has 0 aromatic heterocycles. The van der Waals surface area contributed by atoms with Crippen molar-refractivity contribution in [3.8, 4) is 0 Å². The van der Waals surface area contributed by atoms with Crippen molar-refractivity contribution in [2.75, 3.05) is 28.2 Å². The summed E-state index contributed by atoms with van der Waals surface area (Å²) >= 11 is 0. The van der Waals surface area contributed by atoms with Crippen molar-refractivity contribution in [1.82, 2.24) is 31.9 Å². The van der Waals surface area contributed by atoms with E-state index in [-0.39, 0.29) is 50.3 Å². The van der Waals surface area contributed by atoms with E-state index in [1.807, 2.05) is 0 Å². The third kappa shape index (κ3) is 11.3. The molecule has 6 N–H and O–H groups in total. The lowest BCUT2D eigenvalue weighted by molar-refractivity contribution is -0.132. The van der Waals surface area contributed by atoms with E-state index in [2.05, 4.69) is 31.9 Å². The highest BCUT2D eigenvalue weighted by molar-refractivity contribution is 5.90. The van der Waals surface area contributed by atoms with Gasteiger partial charge in [0.15, 0.2) is 0 Å². The Balaban J connectivity index is 4.75. The Bertz CT molecular complexity index is 683. The summed E-state index contributed by atoms with van der Waals surface area (Å²) in [6.45, 7) is 1.62. The Morgan fingerprint density at radius 1 is 0.531 bits per heavy atom. The summed E-state index contributed by atoms with van der Waals surface area (Å²) in [5.41, 5.74) is 0. The van der Waals surface area contributed by atoms with Crippen LogP contribution in [-0.4, -0.2) is 75.7 Å². The van der Waals surface area contributed by atoms with Gasteiger partial charge in [0.1, 0.15) is 12.1 Å². The SMILES string of the molecule is CNC(=O)CCC(NC(=O)CCC(C)C(=O)NC(CCC(=O)NC)C(=O)NC)C(=O)NC. The van der Waals surface area contributed by atoms with Gasteiger partial charge < -0.3 is 31.9 Å². The first kappa shape index (κ1) is 28.8. The highest BCUT2D eigenvalue weighted by atomic mass is 16.2. The molecule has 0 aliphatic heterocycles. The van der Waals surface area contributed by atoms with Crippen molar-refractivity contribution < 1.29 is 28.8 Å². The molecule has 182 valence electrons. The predicted molar refractivity (Wildman–Crippen MR) is 117 cm³/mol. The number of nitrogens with one attached hydrogen (secondary N) is 6. The summed E-state index contributed by atoms with van der Waals surface area (Å²) < 4.78 is 0. The minimum atomic E-state index is -0.872. The molecule has 0 aromatic carbocycles. The van der Waals surface area contributed by atoms with Crippen LogP contribution in [0.3, 0.4) is 0 Å². The summed E-state index contributed by atoms with van der Waals surface area (Å²) in [6.07, 6.45) is 0.583. The van der Waals surface area contributed by atoms with Gasteiger partial charge in [0.2, 0.25) is 35.4 Å². The first-order chi connectivity index (χ1) is 15.1. The number of hydrogen-bond acceptors (Lipinski definition) is 6. The predicted octanol–water partition coefficient (Wildman–Crippen LogP) is -2.08. The molecule has 0 aliphatic carbocycles. The molecule has 0 radical (unpaired) electrons. The van der Waals surface area contributed by atoms with E-state index in [0.29, 0.717) is 0 Å². The van der Waals surface area contributed by atoms with Gasteiger partial charge in [-0.15, -0.1) is 0 Å². The average molecular weight is 457 g/mol. The van der Waals surface area contributed by atoms with Crippen LogP contribution >= 0.6 is 0 Å². The monoisotopic (exact) mass is 456 g/mol. The van der Waals surface area contributed by atoms with E-state index in [4.69, 9.17) is 0 Å². The molecule has 0 spiro atoms. The smallest absolute Gasteiger partial charge is 0.242 e. The molecule has 12 heteroatoms. The first-order valence-corrected chi connectivity index (χ1v) is 10.5. The van der Waals surface area contributed by atoms with Gasteiger partial charge in [-0.3, -0.25) is 28.8 Å². The van der Waals surface area contributed by atoms with Gasteiger partial charge in [0.25, 0.3) is 0 Å². The fourth-order valence-electron chi connectivity index (χ4n) is 2.75. The maximum Gasteiger partial charge on any atom is 0.242 e. The lowest BCUT2D eigenvalue weighted by Gasteiger charge is -2.20. The second-order valence-corrected chi connectivity index (χ2v) is 7.27. The Morgan fingerprint density at radius 2 is 0.938 bits per heavy atom. The summed E-state index contributed by atoms with van der Waals surface area (Å²) in [5, 5.41) is 15.0. The van der Waals surface area contributed by atoms with Crippen molar-refractivity contribution >= 4 is 35.4 Å². The zero-order valence-corrected chi connectivity index (χ0v) is 19.4. The number of amides is 6. The fourth-order valence-corrected chi connectivity index (χ4v) is 2.75. The van der Waals surface area contributed by atoms with Crippen LogP contribution in [-0.2, 0) is 28.8 Å². The van der Waals surface area contributed by atoms with Crippen LogP contribution in [0.1, 0.15) is 45.4 Å². The maximum absolute atomic E-state index is 12.5. The van der Waals surface area contributed by atoms with E-state index in [1.54, 1.807) is 6.92 Å². The van der Waals surface area contributed by atoms with Crippen molar-refractivity contribution in [2.24, 2.45) is 5.92 Å². The second-order valence-electron chi connectivity index (χ2n) is 7.27. The van der Waals surface area contributed by atoms with Crippen LogP contribution in [0.15, 0.2) is 0 Å². The topological polar surface area (TPSA) is 175 Å². The van der Waals surface area contributed by atoms with Crippen molar-refractivity contribution in [3.63, 3.8) is 0 Å². The zero-order chi connectivity index (χ0) is 24.7. The molecule has 3 atom stereocenters. The third-order valence-electron chi connectivity index (χ3n) is 4.91. The van der Waals surface area contributed by atoms with Crippen LogP contribution in [0.4, 0.5) is 0 Å². The van der Waals surface area contributed by atoms with Crippen LogP contribution in [0.2, 0.25) is 0 Å². The Labute approximate surface area is 188 Å².